The summed E-state index contributed by atoms with van der Waals surface area (Å²) in [5.74, 6) is -4.89. The van der Waals surface area contributed by atoms with Crippen molar-refractivity contribution < 1.29 is 26.7 Å². The van der Waals surface area contributed by atoms with Crippen molar-refractivity contribution >= 4 is 49.9 Å². The molecule has 4 rings (SSSR count). The zero-order valence-corrected chi connectivity index (χ0v) is 22.1. The van der Waals surface area contributed by atoms with Crippen LogP contribution in [0.3, 0.4) is 0 Å². The Morgan fingerprint density at radius 3 is 2.50 bits per heavy atom. The van der Waals surface area contributed by atoms with Crippen molar-refractivity contribution in [1.29, 1.82) is 0 Å². The van der Waals surface area contributed by atoms with E-state index < -0.39 is 49.5 Å². The number of nitrogens with zero attached hydrogens (tertiary/aromatic N) is 2. The SMILES string of the molecule is CN(Cc1cccnc1)S(=O)(=O)c1c(F)c(F)c(Nc2ccc(I)cc2)c(C(N)=O)c1OCC1CC1. The van der Waals surface area contributed by atoms with Gasteiger partial charge in [0.1, 0.15) is 5.56 Å². The van der Waals surface area contributed by atoms with Gasteiger partial charge in [-0.05, 0) is 77.2 Å². The number of halogens is 3. The highest BCUT2D eigenvalue weighted by Gasteiger charge is 2.38. The van der Waals surface area contributed by atoms with Gasteiger partial charge in [0.15, 0.2) is 22.3 Å². The van der Waals surface area contributed by atoms with Crippen molar-refractivity contribution in [2.75, 3.05) is 19.0 Å². The first-order valence-corrected chi connectivity index (χ1v) is 13.5. The molecule has 1 saturated carbocycles. The molecular weight excluding hydrogens is 605 g/mol. The van der Waals surface area contributed by atoms with Gasteiger partial charge >= 0.3 is 0 Å². The molecule has 0 saturated heterocycles. The predicted molar refractivity (Wildman–Crippen MR) is 138 cm³/mol. The Morgan fingerprint density at radius 1 is 1.22 bits per heavy atom. The molecule has 0 aliphatic heterocycles. The van der Waals surface area contributed by atoms with E-state index in [2.05, 4.69) is 32.9 Å². The standard InChI is InChI=1S/C24H23F2IN4O4S/c1-31(12-15-3-2-10-29-11-15)36(33,34)23-20(26)19(25)21(30-17-8-6-16(27)7-9-17)18(24(28)32)22(23)35-13-14-4-5-14/h2-3,6-11,14,30H,4-5,12-13H2,1H3,(H2,28,32). The highest BCUT2D eigenvalue weighted by atomic mass is 127. The van der Waals surface area contributed by atoms with E-state index in [1.807, 2.05) is 0 Å². The second kappa shape index (κ2) is 10.6. The fourth-order valence-corrected chi connectivity index (χ4v) is 5.22. The maximum atomic E-state index is 15.6. The third kappa shape index (κ3) is 5.60. The number of nitrogens with one attached hydrogen (secondary N) is 1. The number of primary amides is 1. The zero-order chi connectivity index (χ0) is 26.0. The summed E-state index contributed by atoms with van der Waals surface area (Å²) in [5, 5.41) is 2.67. The number of hydrogen-bond acceptors (Lipinski definition) is 6. The van der Waals surface area contributed by atoms with Crippen LogP contribution in [0.15, 0.2) is 53.7 Å². The molecule has 12 heteroatoms. The van der Waals surface area contributed by atoms with E-state index in [4.69, 9.17) is 10.5 Å². The molecule has 190 valence electrons. The molecule has 0 atom stereocenters. The molecule has 1 aliphatic carbocycles. The number of hydrogen-bond donors (Lipinski definition) is 2. The second-order valence-electron chi connectivity index (χ2n) is 8.41. The minimum absolute atomic E-state index is 0.0309. The lowest BCUT2D eigenvalue weighted by Gasteiger charge is -2.23. The molecule has 0 radical (unpaired) electrons. The molecule has 0 bridgehead atoms. The number of pyridine rings is 1. The van der Waals surface area contributed by atoms with E-state index in [0.717, 1.165) is 20.7 Å². The smallest absolute Gasteiger partial charge is 0.254 e. The first-order valence-electron chi connectivity index (χ1n) is 10.9. The highest BCUT2D eigenvalue weighted by molar-refractivity contribution is 14.1. The summed E-state index contributed by atoms with van der Waals surface area (Å²) in [6.45, 7) is -0.142. The average molecular weight is 628 g/mol. The topological polar surface area (TPSA) is 115 Å². The molecule has 3 N–H and O–H groups in total. The first-order chi connectivity index (χ1) is 17.1. The first kappa shape index (κ1) is 26.2. The van der Waals surface area contributed by atoms with Crippen LogP contribution in [0.4, 0.5) is 20.2 Å². The Balaban J connectivity index is 1.86. The maximum absolute atomic E-state index is 15.6. The van der Waals surface area contributed by atoms with E-state index in [-0.39, 0.29) is 19.1 Å². The molecule has 3 aromatic rings. The molecule has 1 heterocycles. The van der Waals surface area contributed by atoms with E-state index in [0.29, 0.717) is 11.3 Å². The number of anilines is 2. The van der Waals surface area contributed by atoms with Crippen molar-refractivity contribution in [3.8, 4) is 5.75 Å². The molecule has 0 spiro atoms. The van der Waals surface area contributed by atoms with Gasteiger partial charge in [0, 0.05) is 35.2 Å². The normalized spacial score (nSPS) is 13.6. The fraction of sp³-hybridized carbons (Fsp3) is 0.250. The van der Waals surface area contributed by atoms with Crippen LogP contribution in [-0.4, -0.2) is 37.3 Å². The van der Waals surface area contributed by atoms with Crippen molar-refractivity contribution in [1.82, 2.24) is 9.29 Å². The summed E-state index contributed by atoms with van der Waals surface area (Å²) < 4.78 is 65.5. The van der Waals surface area contributed by atoms with Gasteiger partial charge in [0.05, 0.1) is 12.3 Å². The zero-order valence-electron chi connectivity index (χ0n) is 19.2. The van der Waals surface area contributed by atoms with Crippen LogP contribution in [0.2, 0.25) is 0 Å². The lowest BCUT2D eigenvalue weighted by Crippen LogP contribution is -2.30. The van der Waals surface area contributed by atoms with E-state index in [9.17, 15) is 13.2 Å². The lowest BCUT2D eigenvalue weighted by molar-refractivity contribution is 0.0995. The third-order valence-corrected chi connectivity index (χ3v) is 8.16. The molecule has 0 unspecified atom stereocenters. The predicted octanol–water partition coefficient (Wildman–Crippen LogP) is 4.42. The number of nitrogens with two attached hydrogens (primary N) is 1. The van der Waals surface area contributed by atoms with Crippen LogP contribution in [-0.2, 0) is 16.6 Å². The van der Waals surface area contributed by atoms with Crippen molar-refractivity contribution in [2.24, 2.45) is 11.7 Å². The quantitative estimate of drug-likeness (QED) is 0.322. The van der Waals surface area contributed by atoms with Crippen LogP contribution in [0.5, 0.6) is 5.75 Å². The summed E-state index contributed by atoms with van der Waals surface area (Å²) in [4.78, 5) is 15.4. The van der Waals surface area contributed by atoms with Crippen molar-refractivity contribution in [3.05, 3.63) is 75.1 Å². The molecule has 1 fully saturated rings. The van der Waals surface area contributed by atoms with E-state index >= 15 is 8.78 Å². The summed E-state index contributed by atoms with van der Waals surface area (Å²) in [6.07, 6.45) is 4.66. The van der Waals surface area contributed by atoms with Gasteiger partial charge < -0.3 is 15.8 Å². The van der Waals surface area contributed by atoms with Crippen molar-refractivity contribution in [3.63, 3.8) is 0 Å². The van der Waals surface area contributed by atoms with E-state index in [1.165, 1.54) is 19.4 Å². The third-order valence-electron chi connectivity index (χ3n) is 5.61. The number of sulfonamides is 1. The van der Waals surface area contributed by atoms with Gasteiger partial charge in [-0.3, -0.25) is 9.78 Å². The number of ether oxygens (including phenoxy) is 1. The Kier molecular flexibility index (Phi) is 7.76. The Hall–Kier alpha value is -2.84. The molecular formula is C24H23F2IN4O4S. The van der Waals surface area contributed by atoms with Crippen LogP contribution in [0.1, 0.15) is 28.8 Å². The van der Waals surface area contributed by atoms with Crippen LogP contribution in [0.25, 0.3) is 0 Å². The van der Waals surface area contributed by atoms with Crippen LogP contribution >= 0.6 is 22.6 Å². The number of aromatic nitrogens is 1. The molecule has 8 nitrogen and oxygen atoms in total. The minimum atomic E-state index is -4.67. The monoisotopic (exact) mass is 628 g/mol. The van der Waals surface area contributed by atoms with Gasteiger partial charge in [-0.2, -0.15) is 4.31 Å². The Labute approximate surface area is 221 Å². The Bertz CT molecular complexity index is 1390. The number of carbonyl (C=O) groups is 1. The van der Waals surface area contributed by atoms with Gasteiger partial charge in [0.2, 0.25) is 10.0 Å². The molecule has 2 aromatic carbocycles. The molecule has 1 amide bonds. The van der Waals surface area contributed by atoms with Crippen LogP contribution < -0.4 is 15.8 Å². The van der Waals surface area contributed by atoms with Crippen LogP contribution in [0, 0.1) is 21.1 Å². The maximum Gasteiger partial charge on any atom is 0.254 e. The summed E-state index contributed by atoms with van der Waals surface area (Å²) in [7, 11) is -3.46. The van der Waals surface area contributed by atoms with E-state index in [1.54, 1.807) is 36.4 Å². The second-order valence-corrected chi connectivity index (χ2v) is 11.6. The van der Waals surface area contributed by atoms with Gasteiger partial charge in [-0.15, -0.1) is 0 Å². The number of benzene rings is 2. The average Bonchev–Trinajstić information content (AvgIpc) is 3.67. The van der Waals surface area contributed by atoms with Gasteiger partial charge in [-0.25, -0.2) is 17.2 Å². The minimum Gasteiger partial charge on any atom is -0.491 e. The number of carbonyl (C=O) groups excluding carboxylic acids is 1. The molecule has 1 aromatic heterocycles. The lowest BCUT2D eigenvalue weighted by atomic mass is 10.1. The largest absolute Gasteiger partial charge is 0.491 e. The summed E-state index contributed by atoms with van der Waals surface area (Å²) >= 11 is 2.08. The molecule has 1 aliphatic rings. The number of rotatable bonds is 10. The molecule has 36 heavy (non-hydrogen) atoms. The number of amides is 1. The fourth-order valence-electron chi connectivity index (χ4n) is 3.52. The Morgan fingerprint density at radius 2 is 1.92 bits per heavy atom. The van der Waals surface area contributed by atoms with Gasteiger partial charge in [-0.1, -0.05) is 6.07 Å². The van der Waals surface area contributed by atoms with Crippen molar-refractivity contribution in [2.45, 2.75) is 24.3 Å². The summed E-state index contributed by atoms with van der Waals surface area (Å²) in [5.41, 5.74) is 5.27. The highest BCUT2D eigenvalue weighted by Crippen LogP contribution is 2.42. The van der Waals surface area contributed by atoms with Gasteiger partial charge in [0.25, 0.3) is 5.91 Å². The summed E-state index contributed by atoms with van der Waals surface area (Å²) in [6, 6.07) is 9.90.